The van der Waals surface area contributed by atoms with Gasteiger partial charge < -0.3 is 0 Å². The van der Waals surface area contributed by atoms with Crippen molar-refractivity contribution >= 4 is 42.4 Å². The molecular formula is C18H16BrNO2S. The lowest BCUT2D eigenvalue weighted by Gasteiger charge is -2.23. The Labute approximate surface area is 144 Å². The summed E-state index contributed by atoms with van der Waals surface area (Å²) in [6.07, 6.45) is 1.23. The number of anilines is 1. The van der Waals surface area contributed by atoms with Crippen LogP contribution in [0.1, 0.15) is 5.56 Å². The first-order chi connectivity index (χ1) is 11.0. The molecule has 5 heteroatoms. The molecule has 0 radical (unpaired) electrons. The van der Waals surface area contributed by atoms with Crippen molar-refractivity contribution in [3.63, 3.8) is 0 Å². The van der Waals surface area contributed by atoms with Gasteiger partial charge in [-0.25, -0.2) is 8.42 Å². The van der Waals surface area contributed by atoms with Crippen molar-refractivity contribution in [2.24, 2.45) is 0 Å². The van der Waals surface area contributed by atoms with Crippen LogP contribution in [-0.4, -0.2) is 14.7 Å². The molecule has 0 aliphatic carbocycles. The number of fused-ring (bicyclic) bond motifs is 1. The zero-order valence-electron chi connectivity index (χ0n) is 12.6. The minimum atomic E-state index is -3.37. The summed E-state index contributed by atoms with van der Waals surface area (Å²) in [4.78, 5) is 0. The van der Waals surface area contributed by atoms with Gasteiger partial charge in [-0.05, 0) is 44.4 Å². The van der Waals surface area contributed by atoms with Crippen LogP contribution in [0.25, 0.3) is 10.8 Å². The summed E-state index contributed by atoms with van der Waals surface area (Å²) in [7, 11) is -3.37. The van der Waals surface area contributed by atoms with E-state index in [4.69, 9.17) is 0 Å². The van der Waals surface area contributed by atoms with Crippen LogP contribution < -0.4 is 4.31 Å². The number of rotatable bonds is 4. The van der Waals surface area contributed by atoms with Gasteiger partial charge in [-0.1, -0.05) is 54.6 Å². The Morgan fingerprint density at radius 3 is 2.26 bits per heavy atom. The lowest BCUT2D eigenvalue weighted by molar-refractivity contribution is 0.596. The first-order valence-electron chi connectivity index (χ1n) is 7.16. The zero-order chi connectivity index (χ0) is 16.4. The Bertz CT molecular complexity index is 940. The van der Waals surface area contributed by atoms with Crippen molar-refractivity contribution in [2.45, 2.75) is 6.54 Å². The highest BCUT2D eigenvalue weighted by Crippen LogP contribution is 2.30. The molecule has 0 aromatic heterocycles. The molecule has 3 nitrogen and oxygen atoms in total. The highest BCUT2D eigenvalue weighted by Gasteiger charge is 2.19. The fourth-order valence-corrected chi connectivity index (χ4v) is 4.05. The van der Waals surface area contributed by atoms with Gasteiger partial charge in [-0.3, -0.25) is 4.31 Å². The molecule has 0 amide bonds. The van der Waals surface area contributed by atoms with E-state index in [1.807, 2.05) is 54.6 Å². The van der Waals surface area contributed by atoms with Gasteiger partial charge in [0.05, 0.1) is 18.5 Å². The number of hydrogen-bond acceptors (Lipinski definition) is 2. The second-order valence-corrected chi connectivity index (χ2v) is 8.06. The Morgan fingerprint density at radius 2 is 1.57 bits per heavy atom. The van der Waals surface area contributed by atoms with Crippen LogP contribution in [0.15, 0.2) is 71.2 Å². The number of nitrogens with zero attached hydrogens (tertiary/aromatic N) is 1. The number of para-hydroxylation sites is 1. The molecule has 23 heavy (non-hydrogen) atoms. The van der Waals surface area contributed by atoms with Crippen LogP contribution in [0.2, 0.25) is 0 Å². The monoisotopic (exact) mass is 389 g/mol. The summed E-state index contributed by atoms with van der Waals surface area (Å²) in [5.41, 5.74) is 1.59. The molecule has 0 aliphatic rings. The van der Waals surface area contributed by atoms with Crippen LogP contribution in [0, 0.1) is 0 Å². The van der Waals surface area contributed by atoms with E-state index in [0.29, 0.717) is 5.69 Å². The van der Waals surface area contributed by atoms with E-state index in [1.165, 1.54) is 10.6 Å². The molecule has 0 saturated carbocycles. The van der Waals surface area contributed by atoms with Gasteiger partial charge in [-0.15, -0.1) is 0 Å². The second-order valence-electron chi connectivity index (χ2n) is 5.36. The summed E-state index contributed by atoms with van der Waals surface area (Å²) >= 11 is 3.63. The third kappa shape index (κ3) is 3.41. The average molecular weight is 390 g/mol. The van der Waals surface area contributed by atoms with Gasteiger partial charge in [0, 0.05) is 4.47 Å². The fraction of sp³-hybridized carbons (Fsp3) is 0.111. The van der Waals surface area contributed by atoms with Crippen molar-refractivity contribution in [3.8, 4) is 0 Å². The zero-order valence-corrected chi connectivity index (χ0v) is 15.0. The smallest absolute Gasteiger partial charge is 0.232 e. The molecule has 3 aromatic rings. The molecule has 0 aliphatic heterocycles. The van der Waals surface area contributed by atoms with Crippen molar-refractivity contribution in [1.29, 1.82) is 0 Å². The van der Waals surface area contributed by atoms with E-state index in [1.54, 1.807) is 12.1 Å². The first kappa shape index (κ1) is 16.0. The normalized spacial score (nSPS) is 11.6. The van der Waals surface area contributed by atoms with Crippen LogP contribution >= 0.6 is 15.9 Å². The molecule has 3 aromatic carbocycles. The Kier molecular flexibility index (Phi) is 4.41. The SMILES string of the molecule is CS(=O)(=O)N(Cc1ccc2ccccc2c1Br)c1ccccc1. The standard InChI is InChI=1S/C18H16BrNO2S/c1-23(21,22)20(16-8-3-2-4-9-16)13-15-12-11-14-7-5-6-10-17(14)18(15)19/h2-12H,13H2,1H3. The van der Waals surface area contributed by atoms with E-state index in [9.17, 15) is 8.42 Å². The van der Waals surface area contributed by atoms with Gasteiger partial charge >= 0.3 is 0 Å². The molecular weight excluding hydrogens is 374 g/mol. The summed E-state index contributed by atoms with van der Waals surface area (Å²) < 4.78 is 26.8. The minimum absolute atomic E-state index is 0.286. The lowest BCUT2D eigenvalue weighted by atomic mass is 10.1. The van der Waals surface area contributed by atoms with Crippen LogP contribution in [-0.2, 0) is 16.6 Å². The van der Waals surface area contributed by atoms with Gasteiger partial charge in [0.15, 0.2) is 0 Å². The van der Waals surface area contributed by atoms with Gasteiger partial charge in [0.1, 0.15) is 0 Å². The molecule has 0 fully saturated rings. The second kappa shape index (κ2) is 6.34. The third-order valence-electron chi connectivity index (χ3n) is 3.70. The van der Waals surface area contributed by atoms with E-state index >= 15 is 0 Å². The highest BCUT2D eigenvalue weighted by molar-refractivity contribution is 9.10. The molecule has 0 N–H and O–H groups in total. The third-order valence-corrected chi connectivity index (χ3v) is 5.78. The number of hydrogen-bond donors (Lipinski definition) is 0. The summed E-state index contributed by atoms with van der Waals surface area (Å²) in [6.45, 7) is 0.286. The van der Waals surface area contributed by atoms with E-state index in [2.05, 4.69) is 15.9 Å². The summed E-state index contributed by atoms with van der Waals surface area (Å²) in [5.74, 6) is 0. The highest BCUT2D eigenvalue weighted by atomic mass is 79.9. The Hall–Kier alpha value is -1.85. The summed E-state index contributed by atoms with van der Waals surface area (Å²) in [5, 5.41) is 2.19. The van der Waals surface area contributed by atoms with E-state index in [-0.39, 0.29) is 6.54 Å². The molecule has 0 unspecified atom stereocenters. The van der Waals surface area contributed by atoms with E-state index in [0.717, 1.165) is 20.8 Å². The minimum Gasteiger partial charge on any atom is -0.266 e. The van der Waals surface area contributed by atoms with Crippen molar-refractivity contribution in [2.75, 3.05) is 10.6 Å². The Balaban J connectivity index is 2.06. The largest absolute Gasteiger partial charge is 0.266 e. The topological polar surface area (TPSA) is 37.4 Å². The van der Waals surface area contributed by atoms with Gasteiger partial charge in [0.2, 0.25) is 10.0 Å². The van der Waals surface area contributed by atoms with Crippen molar-refractivity contribution in [1.82, 2.24) is 0 Å². The maximum Gasteiger partial charge on any atom is 0.232 e. The number of benzene rings is 3. The quantitative estimate of drug-likeness (QED) is 0.655. The van der Waals surface area contributed by atoms with Crippen LogP contribution in [0.5, 0.6) is 0 Å². The van der Waals surface area contributed by atoms with Crippen LogP contribution in [0.4, 0.5) is 5.69 Å². The molecule has 0 spiro atoms. The van der Waals surface area contributed by atoms with E-state index < -0.39 is 10.0 Å². The molecule has 0 bridgehead atoms. The van der Waals surface area contributed by atoms with Crippen molar-refractivity contribution in [3.05, 3.63) is 76.8 Å². The van der Waals surface area contributed by atoms with Crippen molar-refractivity contribution < 1.29 is 8.42 Å². The molecule has 0 saturated heterocycles. The predicted molar refractivity (Wildman–Crippen MR) is 99.1 cm³/mol. The first-order valence-corrected chi connectivity index (χ1v) is 9.80. The number of halogens is 1. The maximum atomic E-state index is 12.2. The molecule has 118 valence electrons. The maximum absolute atomic E-state index is 12.2. The average Bonchev–Trinajstić information content (AvgIpc) is 2.54. The molecule has 3 rings (SSSR count). The Morgan fingerprint density at radius 1 is 0.913 bits per heavy atom. The van der Waals surface area contributed by atoms with Crippen LogP contribution in [0.3, 0.4) is 0 Å². The van der Waals surface area contributed by atoms with Gasteiger partial charge in [-0.2, -0.15) is 0 Å². The number of sulfonamides is 1. The lowest BCUT2D eigenvalue weighted by Crippen LogP contribution is -2.29. The fourth-order valence-electron chi connectivity index (χ4n) is 2.55. The molecule has 0 atom stereocenters. The predicted octanol–water partition coefficient (Wildman–Crippen LogP) is 4.57. The molecule has 0 heterocycles. The van der Waals surface area contributed by atoms with Gasteiger partial charge in [0.25, 0.3) is 0 Å². The summed E-state index contributed by atoms with van der Waals surface area (Å²) in [6, 6.07) is 21.2.